The van der Waals surface area contributed by atoms with E-state index in [1.165, 1.54) is 12.8 Å². The Morgan fingerprint density at radius 2 is 1.92 bits per heavy atom. The van der Waals surface area contributed by atoms with E-state index in [4.69, 9.17) is 11.6 Å². The largest absolute Gasteiger partial charge is 0.318 e. The first-order valence-electron chi connectivity index (χ1n) is 8.54. The molecule has 1 aromatic carbocycles. The maximum atomic E-state index is 11.9. The molecule has 0 bridgehead atoms. The molecule has 2 heterocycles. The number of nitrogens with one attached hydrogen (secondary N) is 1. The van der Waals surface area contributed by atoms with Gasteiger partial charge in [-0.05, 0) is 70.1 Å². The number of hydrazone groups is 1. The number of nitrogens with zero attached hydrogens (tertiary/aromatic N) is 3. The van der Waals surface area contributed by atoms with Gasteiger partial charge in [0.25, 0.3) is 5.91 Å². The number of benzene rings is 1. The molecule has 1 amide bonds. The summed E-state index contributed by atoms with van der Waals surface area (Å²) in [4.78, 5) is 14.1. The van der Waals surface area contributed by atoms with Crippen LogP contribution in [-0.4, -0.2) is 41.2 Å². The zero-order valence-electron chi connectivity index (χ0n) is 14.6. The molecule has 132 valence electrons. The quantitative estimate of drug-likeness (QED) is 0.658. The van der Waals surface area contributed by atoms with Crippen LogP contribution in [-0.2, 0) is 4.79 Å². The van der Waals surface area contributed by atoms with Crippen molar-refractivity contribution in [1.82, 2.24) is 14.9 Å². The first-order chi connectivity index (χ1) is 12.0. The van der Waals surface area contributed by atoms with Crippen molar-refractivity contribution < 1.29 is 4.79 Å². The van der Waals surface area contributed by atoms with Gasteiger partial charge in [-0.2, -0.15) is 5.10 Å². The average molecular weight is 359 g/mol. The summed E-state index contributed by atoms with van der Waals surface area (Å²) in [7, 11) is 0. The number of rotatable bonds is 5. The molecule has 1 aliphatic heterocycles. The van der Waals surface area contributed by atoms with Crippen molar-refractivity contribution in [3.8, 4) is 5.69 Å². The average Bonchev–Trinajstić information content (AvgIpc) is 3.17. The van der Waals surface area contributed by atoms with Crippen LogP contribution in [0.3, 0.4) is 0 Å². The Kier molecular flexibility index (Phi) is 5.56. The van der Waals surface area contributed by atoms with E-state index in [1.54, 1.807) is 6.21 Å². The van der Waals surface area contributed by atoms with Crippen molar-refractivity contribution in [3.63, 3.8) is 0 Å². The molecule has 0 aliphatic carbocycles. The van der Waals surface area contributed by atoms with Crippen LogP contribution in [0.2, 0.25) is 5.02 Å². The highest BCUT2D eigenvalue weighted by molar-refractivity contribution is 6.30. The standard InChI is InChI=1S/C19H23ClN4O/c1-14-11-16(12-21-22-19(25)13-23-9-3-4-10-23)15(2)24(14)18-7-5-17(20)6-8-18/h5-8,11-12H,3-4,9-10,13H2,1-2H3,(H,22,25)/b21-12-. The summed E-state index contributed by atoms with van der Waals surface area (Å²) >= 11 is 5.97. The molecule has 0 radical (unpaired) electrons. The molecule has 25 heavy (non-hydrogen) atoms. The first-order valence-corrected chi connectivity index (χ1v) is 8.91. The molecule has 0 atom stereocenters. The minimum absolute atomic E-state index is 0.0651. The number of aryl methyl sites for hydroxylation is 1. The van der Waals surface area contributed by atoms with Crippen LogP contribution in [0.25, 0.3) is 5.69 Å². The second-order valence-corrected chi connectivity index (χ2v) is 6.85. The fraction of sp³-hybridized carbons (Fsp3) is 0.368. The van der Waals surface area contributed by atoms with Crippen LogP contribution >= 0.6 is 11.6 Å². The van der Waals surface area contributed by atoms with E-state index in [9.17, 15) is 4.79 Å². The highest BCUT2D eigenvalue weighted by Crippen LogP contribution is 2.21. The van der Waals surface area contributed by atoms with E-state index in [2.05, 4.69) is 26.1 Å². The molecule has 6 heteroatoms. The zero-order chi connectivity index (χ0) is 17.8. The normalized spacial score (nSPS) is 15.2. The Morgan fingerprint density at radius 1 is 1.24 bits per heavy atom. The topological polar surface area (TPSA) is 49.6 Å². The van der Waals surface area contributed by atoms with Gasteiger partial charge in [0.1, 0.15) is 0 Å². The summed E-state index contributed by atoms with van der Waals surface area (Å²) in [6.07, 6.45) is 4.05. The molecular weight excluding hydrogens is 336 g/mol. The van der Waals surface area contributed by atoms with Gasteiger partial charge in [0, 0.05) is 27.7 Å². The van der Waals surface area contributed by atoms with E-state index in [0.29, 0.717) is 11.6 Å². The maximum absolute atomic E-state index is 11.9. The Morgan fingerprint density at radius 3 is 2.60 bits per heavy atom. The molecule has 0 saturated carbocycles. The number of likely N-dealkylation sites (tertiary alicyclic amines) is 1. The van der Waals surface area contributed by atoms with Crippen LogP contribution in [0.1, 0.15) is 29.8 Å². The zero-order valence-corrected chi connectivity index (χ0v) is 15.4. The van der Waals surface area contributed by atoms with Crippen molar-refractivity contribution >= 4 is 23.7 Å². The van der Waals surface area contributed by atoms with Crippen LogP contribution in [0, 0.1) is 13.8 Å². The molecule has 1 aromatic heterocycles. The molecule has 0 spiro atoms. The predicted octanol–water partition coefficient (Wildman–Crippen LogP) is 3.29. The Hall–Kier alpha value is -2.11. The maximum Gasteiger partial charge on any atom is 0.254 e. The Balaban J connectivity index is 1.67. The lowest BCUT2D eigenvalue weighted by molar-refractivity contribution is -0.121. The minimum atomic E-state index is -0.0651. The first kappa shape index (κ1) is 17.7. The van der Waals surface area contributed by atoms with Gasteiger partial charge in [-0.15, -0.1) is 0 Å². The van der Waals surface area contributed by atoms with Crippen molar-refractivity contribution in [2.45, 2.75) is 26.7 Å². The Labute approximate surface area is 153 Å². The third kappa shape index (κ3) is 4.30. The van der Waals surface area contributed by atoms with Crippen LogP contribution in [0.5, 0.6) is 0 Å². The summed E-state index contributed by atoms with van der Waals surface area (Å²) in [5.74, 6) is -0.0651. The molecule has 5 nitrogen and oxygen atoms in total. The van der Waals surface area contributed by atoms with Crippen molar-refractivity contribution in [1.29, 1.82) is 0 Å². The van der Waals surface area contributed by atoms with Crippen molar-refractivity contribution in [2.24, 2.45) is 5.10 Å². The molecule has 2 aromatic rings. The summed E-state index contributed by atoms with van der Waals surface area (Å²) in [5, 5.41) is 4.84. The molecule has 1 saturated heterocycles. The number of carbonyl (C=O) groups excluding carboxylic acids is 1. The van der Waals surface area contributed by atoms with Gasteiger partial charge < -0.3 is 4.57 Å². The number of aromatic nitrogens is 1. The number of hydrogen-bond donors (Lipinski definition) is 1. The second-order valence-electron chi connectivity index (χ2n) is 6.41. The molecule has 1 aliphatic rings. The van der Waals surface area contributed by atoms with Crippen molar-refractivity contribution in [2.75, 3.05) is 19.6 Å². The van der Waals surface area contributed by atoms with Crippen LogP contribution in [0.15, 0.2) is 35.4 Å². The fourth-order valence-electron chi connectivity index (χ4n) is 3.26. The smallest absolute Gasteiger partial charge is 0.254 e. The Bertz CT molecular complexity index is 773. The van der Waals surface area contributed by atoms with E-state index < -0.39 is 0 Å². The molecule has 3 rings (SSSR count). The van der Waals surface area contributed by atoms with E-state index in [-0.39, 0.29) is 5.91 Å². The van der Waals surface area contributed by atoms with Gasteiger partial charge in [0.2, 0.25) is 0 Å². The lowest BCUT2D eigenvalue weighted by Gasteiger charge is -2.12. The van der Waals surface area contributed by atoms with E-state index >= 15 is 0 Å². The monoisotopic (exact) mass is 358 g/mol. The number of carbonyl (C=O) groups is 1. The molecule has 1 fully saturated rings. The number of halogens is 1. The number of hydrogen-bond acceptors (Lipinski definition) is 3. The van der Waals surface area contributed by atoms with E-state index in [0.717, 1.165) is 35.7 Å². The lowest BCUT2D eigenvalue weighted by atomic mass is 10.2. The lowest BCUT2D eigenvalue weighted by Crippen LogP contribution is -2.33. The minimum Gasteiger partial charge on any atom is -0.318 e. The van der Waals surface area contributed by atoms with E-state index in [1.807, 2.05) is 38.1 Å². The highest BCUT2D eigenvalue weighted by atomic mass is 35.5. The SMILES string of the molecule is Cc1cc(/C=N\NC(=O)CN2CCCC2)c(C)n1-c1ccc(Cl)cc1. The summed E-state index contributed by atoms with van der Waals surface area (Å²) < 4.78 is 2.14. The summed E-state index contributed by atoms with van der Waals surface area (Å²) in [6, 6.07) is 9.78. The van der Waals surface area contributed by atoms with Gasteiger partial charge in [0.15, 0.2) is 0 Å². The third-order valence-corrected chi connectivity index (χ3v) is 4.77. The van der Waals surface area contributed by atoms with Crippen molar-refractivity contribution in [3.05, 3.63) is 52.3 Å². The molecule has 0 unspecified atom stereocenters. The fourth-order valence-corrected chi connectivity index (χ4v) is 3.38. The predicted molar refractivity (Wildman–Crippen MR) is 102 cm³/mol. The summed E-state index contributed by atoms with van der Waals surface area (Å²) in [5.41, 5.74) is 6.83. The highest BCUT2D eigenvalue weighted by Gasteiger charge is 2.14. The molecule has 1 N–H and O–H groups in total. The van der Waals surface area contributed by atoms with Gasteiger partial charge in [-0.1, -0.05) is 11.6 Å². The summed E-state index contributed by atoms with van der Waals surface area (Å²) in [6.45, 7) is 6.50. The van der Waals surface area contributed by atoms with Gasteiger partial charge in [0.05, 0.1) is 12.8 Å². The van der Waals surface area contributed by atoms with Gasteiger partial charge in [-0.25, -0.2) is 5.43 Å². The van der Waals surface area contributed by atoms with Gasteiger partial charge >= 0.3 is 0 Å². The molecular formula is C19H23ClN4O. The number of amides is 1. The second kappa shape index (κ2) is 7.85. The van der Waals surface area contributed by atoms with Crippen LogP contribution < -0.4 is 5.43 Å². The van der Waals surface area contributed by atoms with Gasteiger partial charge in [-0.3, -0.25) is 9.69 Å². The third-order valence-electron chi connectivity index (χ3n) is 4.51. The van der Waals surface area contributed by atoms with Crippen LogP contribution in [0.4, 0.5) is 0 Å².